The van der Waals surface area contributed by atoms with E-state index in [1.165, 1.54) is 0 Å². The average Bonchev–Trinajstić information content (AvgIpc) is 2.93. The number of aryl methyl sites for hydroxylation is 1. The molecule has 25 heavy (non-hydrogen) atoms. The van der Waals surface area contributed by atoms with Gasteiger partial charge in [-0.15, -0.1) is 0 Å². The number of halogens is 1. The zero-order valence-corrected chi connectivity index (χ0v) is 14.7. The highest BCUT2D eigenvalue weighted by atomic mass is 35.5. The monoisotopic (exact) mass is 355 g/mol. The minimum absolute atomic E-state index is 0.416. The third-order valence-electron chi connectivity index (χ3n) is 3.91. The van der Waals surface area contributed by atoms with Crippen LogP contribution in [0, 0.1) is 0 Å². The molecule has 1 aromatic heterocycles. The van der Waals surface area contributed by atoms with E-state index in [0.717, 1.165) is 16.8 Å². The molecule has 0 aliphatic heterocycles. The summed E-state index contributed by atoms with van der Waals surface area (Å²) in [6, 6.07) is 13.0. The molecule has 0 radical (unpaired) electrons. The van der Waals surface area contributed by atoms with Crippen LogP contribution in [0.1, 0.15) is 17.3 Å². The first-order valence-electron chi connectivity index (χ1n) is 7.86. The Morgan fingerprint density at radius 2 is 1.96 bits per heavy atom. The van der Waals surface area contributed by atoms with E-state index in [9.17, 15) is 4.79 Å². The summed E-state index contributed by atoms with van der Waals surface area (Å²) in [5.74, 6) is 0.118. The van der Waals surface area contributed by atoms with Crippen molar-refractivity contribution < 1.29 is 9.53 Å². The van der Waals surface area contributed by atoms with Crippen molar-refractivity contribution in [2.75, 3.05) is 6.61 Å². The minimum atomic E-state index is -0.500. The Morgan fingerprint density at radius 3 is 2.60 bits per heavy atom. The van der Waals surface area contributed by atoms with Crippen LogP contribution in [0.4, 0.5) is 0 Å². The largest absolute Gasteiger partial charge is 0.493 e. The Labute approximate surface area is 151 Å². The van der Waals surface area contributed by atoms with Gasteiger partial charge in [0, 0.05) is 18.2 Å². The predicted octanol–water partition coefficient (Wildman–Crippen LogP) is 3.91. The van der Waals surface area contributed by atoms with Gasteiger partial charge in [0.25, 0.3) is 0 Å². The molecule has 0 aliphatic rings. The molecule has 0 spiro atoms. The molecule has 3 aromatic rings. The first-order chi connectivity index (χ1) is 12.0. The van der Waals surface area contributed by atoms with Crippen molar-refractivity contribution in [2.24, 2.45) is 12.8 Å². The van der Waals surface area contributed by atoms with Crippen LogP contribution in [0.25, 0.3) is 22.4 Å². The van der Waals surface area contributed by atoms with Crippen LogP contribution >= 0.6 is 11.6 Å². The van der Waals surface area contributed by atoms with Gasteiger partial charge < -0.3 is 10.5 Å². The number of amides is 1. The highest BCUT2D eigenvalue weighted by molar-refractivity contribution is 6.33. The van der Waals surface area contributed by atoms with Crippen LogP contribution in [-0.4, -0.2) is 22.3 Å². The van der Waals surface area contributed by atoms with E-state index in [1.807, 2.05) is 44.3 Å². The fourth-order valence-electron chi connectivity index (χ4n) is 2.87. The number of benzene rings is 2. The van der Waals surface area contributed by atoms with Crippen molar-refractivity contribution >= 4 is 17.5 Å². The molecule has 0 unspecified atom stereocenters. The highest BCUT2D eigenvalue weighted by Gasteiger charge is 2.17. The van der Waals surface area contributed by atoms with Gasteiger partial charge >= 0.3 is 0 Å². The van der Waals surface area contributed by atoms with Crippen LogP contribution in [0.5, 0.6) is 5.75 Å². The topological polar surface area (TPSA) is 70.1 Å². The fourth-order valence-corrected chi connectivity index (χ4v) is 3.14. The van der Waals surface area contributed by atoms with Crippen LogP contribution < -0.4 is 10.5 Å². The molecule has 0 fully saturated rings. The van der Waals surface area contributed by atoms with E-state index in [0.29, 0.717) is 28.5 Å². The summed E-state index contributed by atoms with van der Waals surface area (Å²) in [6.07, 6.45) is 1.60. The summed E-state index contributed by atoms with van der Waals surface area (Å²) in [6.45, 7) is 2.38. The molecular weight excluding hydrogens is 338 g/mol. The molecular formula is C19H18ClN3O2. The van der Waals surface area contributed by atoms with Crippen LogP contribution in [0.2, 0.25) is 5.02 Å². The standard InChI is InChI=1S/C19H18ClN3O2/c1-3-25-16-9-5-8-14(19(21)24)17(16)12-6-4-7-13(10-12)18-15(20)11-22-23(18)2/h4-11H,3H2,1-2H3,(H2,21,24). The van der Waals surface area contributed by atoms with Gasteiger partial charge in [-0.2, -0.15) is 5.10 Å². The number of hydrogen-bond acceptors (Lipinski definition) is 3. The average molecular weight is 356 g/mol. The van der Waals surface area contributed by atoms with E-state index in [1.54, 1.807) is 23.0 Å². The second kappa shape index (κ2) is 6.99. The van der Waals surface area contributed by atoms with Crippen molar-refractivity contribution in [3.63, 3.8) is 0 Å². The summed E-state index contributed by atoms with van der Waals surface area (Å²) < 4.78 is 7.42. The maximum absolute atomic E-state index is 11.9. The number of hydrogen-bond donors (Lipinski definition) is 1. The number of primary amides is 1. The molecule has 0 bridgehead atoms. The first-order valence-corrected chi connectivity index (χ1v) is 8.24. The molecule has 3 rings (SSSR count). The molecule has 0 saturated heterocycles. The van der Waals surface area contributed by atoms with Gasteiger partial charge in [-0.1, -0.05) is 35.9 Å². The van der Waals surface area contributed by atoms with Crippen molar-refractivity contribution in [1.29, 1.82) is 0 Å². The Bertz CT molecular complexity index is 915. The third kappa shape index (κ3) is 3.23. The number of nitrogens with zero attached hydrogens (tertiary/aromatic N) is 2. The zero-order chi connectivity index (χ0) is 18.0. The van der Waals surface area contributed by atoms with Crippen molar-refractivity contribution in [2.45, 2.75) is 6.92 Å². The van der Waals surface area contributed by atoms with Gasteiger partial charge in [-0.25, -0.2) is 0 Å². The van der Waals surface area contributed by atoms with Gasteiger partial charge in [-0.05, 0) is 30.7 Å². The Morgan fingerprint density at radius 1 is 1.24 bits per heavy atom. The van der Waals surface area contributed by atoms with Crippen LogP contribution in [-0.2, 0) is 7.05 Å². The van der Waals surface area contributed by atoms with E-state index < -0.39 is 5.91 Å². The number of carbonyl (C=O) groups excluding carboxylic acids is 1. The van der Waals surface area contributed by atoms with Gasteiger partial charge in [0.2, 0.25) is 5.91 Å². The SMILES string of the molecule is CCOc1cccc(C(N)=O)c1-c1cccc(-c2c(Cl)cnn2C)c1. The van der Waals surface area contributed by atoms with Crippen molar-refractivity contribution in [1.82, 2.24) is 9.78 Å². The molecule has 0 saturated carbocycles. The van der Waals surface area contributed by atoms with Crippen molar-refractivity contribution in [3.8, 4) is 28.1 Å². The lowest BCUT2D eigenvalue weighted by molar-refractivity contribution is 0.100. The summed E-state index contributed by atoms with van der Waals surface area (Å²) in [5.41, 5.74) is 9.18. The Hall–Kier alpha value is -2.79. The van der Waals surface area contributed by atoms with E-state index >= 15 is 0 Å². The lowest BCUT2D eigenvalue weighted by Gasteiger charge is -2.14. The van der Waals surface area contributed by atoms with Gasteiger partial charge in [0.1, 0.15) is 5.75 Å². The summed E-state index contributed by atoms with van der Waals surface area (Å²) >= 11 is 6.26. The summed E-state index contributed by atoms with van der Waals surface area (Å²) in [4.78, 5) is 11.9. The smallest absolute Gasteiger partial charge is 0.249 e. The fraction of sp³-hybridized carbons (Fsp3) is 0.158. The maximum Gasteiger partial charge on any atom is 0.249 e. The lowest BCUT2D eigenvalue weighted by atomic mass is 9.96. The number of rotatable bonds is 5. The number of carbonyl (C=O) groups is 1. The van der Waals surface area contributed by atoms with E-state index in [2.05, 4.69) is 5.10 Å². The zero-order valence-electron chi connectivity index (χ0n) is 14.0. The first kappa shape index (κ1) is 17.0. The molecule has 1 amide bonds. The quantitative estimate of drug-likeness (QED) is 0.754. The molecule has 1 heterocycles. The molecule has 0 atom stereocenters. The second-order valence-electron chi connectivity index (χ2n) is 5.52. The molecule has 2 aromatic carbocycles. The van der Waals surface area contributed by atoms with Gasteiger partial charge in [0.15, 0.2) is 0 Å². The van der Waals surface area contributed by atoms with Gasteiger partial charge in [-0.3, -0.25) is 9.48 Å². The number of nitrogens with two attached hydrogens (primary N) is 1. The predicted molar refractivity (Wildman–Crippen MR) is 98.8 cm³/mol. The molecule has 128 valence electrons. The minimum Gasteiger partial charge on any atom is -0.493 e. The number of ether oxygens (including phenoxy) is 1. The lowest BCUT2D eigenvalue weighted by Crippen LogP contribution is -2.13. The molecule has 2 N–H and O–H groups in total. The second-order valence-corrected chi connectivity index (χ2v) is 5.93. The summed E-state index contributed by atoms with van der Waals surface area (Å²) in [5, 5.41) is 4.74. The number of aromatic nitrogens is 2. The summed E-state index contributed by atoms with van der Waals surface area (Å²) in [7, 11) is 1.83. The van der Waals surface area contributed by atoms with Crippen LogP contribution in [0.3, 0.4) is 0 Å². The Balaban J connectivity index is 2.21. The molecule has 0 aliphatic carbocycles. The molecule has 6 heteroatoms. The van der Waals surface area contributed by atoms with Crippen LogP contribution in [0.15, 0.2) is 48.7 Å². The van der Waals surface area contributed by atoms with E-state index in [4.69, 9.17) is 22.1 Å². The van der Waals surface area contributed by atoms with E-state index in [-0.39, 0.29) is 0 Å². The normalized spacial score (nSPS) is 10.7. The third-order valence-corrected chi connectivity index (χ3v) is 4.19. The Kier molecular flexibility index (Phi) is 4.76. The van der Waals surface area contributed by atoms with Gasteiger partial charge in [0.05, 0.1) is 29.1 Å². The highest BCUT2D eigenvalue weighted by Crippen LogP contribution is 2.36. The molecule has 5 nitrogen and oxygen atoms in total. The van der Waals surface area contributed by atoms with Crippen molar-refractivity contribution in [3.05, 3.63) is 59.2 Å². The maximum atomic E-state index is 11.9.